The Hall–Kier alpha value is -0.530. The fourth-order valence-corrected chi connectivity index (χ4v) is 3.13. The summed E-state index contributed by atoms with van der Waals surface area (Å²) in [5, 5.41) is 0. The standard InChI is InChI=1S/C20H41NO/c1-3-4-5-6-7-8-9-10-11-12-13-14-15-16-17-19(2)18-20(21)22/h19H,3-18H2,1-2H3,(H2,21,22). The van der Waals surface area contributed by atoms with Crippen molar-refractivity contribution in [3.63, 3.8) is 0 Å². The molecule has 0 aliphatic rings. The molecule has 0 bridgehead atoms. The summed E-state index contributed by atoms with van der Waals surface area (Å²) in [6.07, 6.45) is 21.3. The second kappa shape index (κ2) is 16.8. The Morgan fingerprint density at radius 2 is 1.09 bits per heavy atom. The molecule has 0 radical (unpaired) electrons. The average molecular weight is 312 g/mol. The van der Waals surface area contributed by atoms with Gasteiger partial charge in [-0.05, 0) is 5.92 Å². The molecule has 0 spiro atoms. The molecule has 0 aliphatic carbocycles. The number of carbonyl (C=O) groups excluding carboxylic acids is 1. The molecule has 0 rings (SSSR count). The van der Waals surface area contributed by atoms with E-state index in [0.717, 1.165) is 6.42 Å². The predicted octanol–water partition coefficient (Wildman–Crippen LogP) is 6.37. The summed E-state index contributed by atoms with van der Waals surface area (Å²) >= 11 is 0. The molecule has 2 nitrogen and oxygen atoms in total. The normalized spacial score (nSPS) is 12.5. The van der Waals surface area contributed by atoms with Crippen LogP contribution >= 0.6 is 0 Å². The van der Waals surface area contributed by atoms with E-state index in [0.29, 0.717) is 12.3 Å². The molecule has 0 saturated carbocycles. The highest BCUT2D eigenvalue weighted by Gasteiger charge is 2.05. The van der Waals surface area contributed by atoms with Crippen molar-refractivity contribution >= 4 is 5.91 Å². The third-order valence-electron chi connectivity index (χ3n) is 4.60. The molecule has 0 aromatic heterocycles. The first-order valence-electron chi connectivity index (χ1n) is 9.95. The number of hydrogen-bond donors (Lipinski definition) is 1. The molecule has 0 saturated heterocycles. The molecule has 0 aliphatic heterocycles. The van der Waals surface area contributed by atoms with Crippen LogP contribution < -0.4 is 5.73 Å². The van der Waals surface area contributed by atoms with E-state index in [-0.39, 0.29) is 5.91 Å². The van der Waals surface area contributed by atoms with Gasteiger partial charge in [0.2, 0.25) is 5.91 Å². The lowest BCUT2D eigenvalue weighted by molar-refractivity contribution is -0.118. The van der Waals surface area contributed by atoms with Crippen LogP contribution in [0.1, 0.15) is 117 Å². The Kier molecular flexibility index (Phi) is 16.4. The van der Waals surface area contributed by atoms with Crippen molar-refractivity contribution in [2.45, 2.75) is 117 Å². The zero-order chi connectivity index (χ0) is 16.5. The summed E-state index contributed by atoms with van der Waals surface area (Å²) in [6, 6.07) is 0. The molecule has 22 heavy (non-hydrogen) atoms. The van der Waals surface area contributed by atoms with Crippen LogP contribution in [-0.2, 0) is 4.79 Å². The average Bonchev–Trinajstić information content (AvgIpc) is 2.47. The lowest BCUT2D eigenvalue weighted by Gasteiger charge is -2.08. The van der Waals surface area contributed by atoms with Gasteiger partial charge in [0, 0.05) is 6.42 Å². The van der Waals surface area contributed by atoms with E-state index in [2.05, 4.69) is 13.8 Å². The van der Waals surface area contributed by atoms with Gasteiger partial charge in [-0.3, -0.25) is 4.79 Å². The third kappa shape index (κ3) is 17.5. The summed E-state index contributed by atoms with van der Waals surface area (Å²) in [7, 11) is 0. The van der Waals surface area contributed by atoms with Crippen LogP contribution in [0.15, 0.2) is 0 Å². The van der Waals surface area contributed by atoms with Crippen molar-refractivity contribution in [1.82, 2.24) is 0 Å². The summed E-state index contributed by atoms with van der Waals surface area (Å²) in [5.74, 6) is 0.313. The van der Waals surface area contributed by atoms with Crippen LogP contribution in [-0.4, -0.2) is 5.91 Å². The fourth-order valence-electron chi connectivity index (χ4n) is 3.13. The van der Waals surface area contributed by atoms with Gasteiger partial charge in [0.05, 0.1) is 0 Å². The highest BCUT2D eigenvalue weighted by Crippen LogP contribution is 2.16. The van der Waals surface area contributed by atoms with Crippen molar-refractivity contribution in [1.29, 1.82) is 0 Å². The van der Waals surface area contributed by atoms with Crippen LogP contribution in [0.5, 0.6) is 0 Å². The lowest BCUT2D eigenvalue weighted by atomic mass is 9.98. The van der Waals surface area contributed by atoms with E-state index in [1.807, 2.05) is 0 Å². The van der Waals surface area contributed by atoms with E-state index in [4.69, 9.17) is 5.73 Å². The number of unbranched alkanes of at least 4 members (excludes halogenated alkanes) is 13. The first-order valence-corrected chi connectivity index (χ1v) is 9.95. The Labute approximate surface area is 139 Å². The Bertz CT molecular complexity index is 240. The topological polar surface area (TPSA) is 43.1 Å². The van der Waals surface area contributed by atoms with Crippen LogP contribution in [0, 0.1) is 5.92 Å². The molecule has 0 aromatic rings. The first kappa shape index (κ1) is 21.5. The molecule has 2 N–H and O–H groups in total. The minimum atomic E-state index is -0.155. The first-order chi connectivity index (χ1) is 10.7. The highest BCUT2D eigenvalue weighted by molar-refractivity contribution is 5.73. The molecule has 1 atom stereocenters. The van der Waals surface area contributed by atoms with Crippen LogP contribution in [0.4, 0.5) is 0 Å². The Morgan fingerprint density at radius 1 is 0.727 bits per heavy atom. The fraction of sp³-hybridized carbons (Fsp3) is 0.950. The maximum Gasteiger partial charge on any atom is 0.217 e. The van der Waals surface area contributed by atoms with Gasteiger partial charge in [-0.2, -0.15) is 0 Å². The van der Waals surface area contributed by atoms with E-state index in [9.17, 15) is 4.79 Å². The van der Waals surface area contributed by atoms with E-state index < -0.39 is 0 Å². The molecular weight excluding hydrogens is 270 g/mol. The van der Waals surface area contributed by atoms with E-state index >= 15 is 0 Å². The van der Waals surface area contributed by atoms with Crippen molar-refractivity contribution in [2.24, 2.45) is 11.7 Å². The zero-order valence-electron chi connectivity index (χ0n) is 15.4. The second-order valence-corrected chi connectivity index (χ2v) is 7.16. The molecular formula is C20H41NO. The molecule has 1 unspecified atom stereocenters. The van der Waals surface area contributed by atoms with Crippen molar-refractivity contribution < 1.29 is 4.79 Å². The number of rotatable bonds is 17. The third-order valence-corrected chi connectivity index (χ3v) is 4.60. The highest BCUT2D eigenvalue weighted by atomic mass is 16.1. The number of hydrogen-bond acceptors (Lipinski definition) is 1. The minimum absolute atomic E-state index is 0.155. The smallest absolute Gasteiger partial charge is 0.217 e. The maximum atomic E-state index is 10.8. The van der Waals surface area contributed by atoms with Crippen molar-refractivity contribution in [3.8, 4) is 0 Å². The number of amides is 1. The largest absolute Gasteiger partial charge is 0.370 e. The zero-order valence-corrected chi connectivity index (χ0v) is 15.4. The number of nitrogens with two attached hydrogens (primary N) is 1. The predicted molar refractivity (Wildman–Crippen MR) is 97.9 cm³/mol. The van der Waals surface area contributed by atoms with Gasteiger partial charge in [0.15, 0.2) is 0 Å². The van der Waals surface area contributed by atoms with Gasteiger partial charge in [0.25, 0.3) is 0 Å². The lowest BCUT2D eigenvalue weighted by Crippen LogP contribution is -2.14. The second-order valence-electron chi connectivity index (χ2n) is 7.16. The molecule has 0 heterocycles. The van der Waals surface area contributed by atoms with Gasteiger partial charge in [-0.1, -0.05) is 110 Å². The maximum absolute atomic E-state index is 10.8. The molecule has 132 valence electrons. The summed E-state index contributed by atoms with van der Waals surface area (Å²) < 4.78 is 0. The monoisotopic (exact) mass is 311 g/mol. The number of primary amides is 1. The molecule has 1 amide bonds. The van der Waals surface area contributed by atoms with Crippen LogP contribution in [0.2, 0.25) is 0 Å². The van der Waals surface area contributed by atoms with Crippen molar-refractivity contribution in [3.05, 3.63) is 0 Å². The van der Waals surface area contributed by atoms with Gasteiger partial charge < -0.3 is 5.73 Å². The van der Waals surface area contributed by atoms with Gasteiger partial charge in [0.1, 0.15) is 0 Å². The van der Waals surface area contributed by atoms with Gasteiger partial charge in [-0.25, -0.2) is 0 Å². The Balaban J connectivity index is 3.07. The summed E-state index contributed by atoms with van der Waals surface area (Å²) in [4.78, 5) is 10.8. The molecule has 0 fully saturated rings. The molecule has 2 heteroatoms. The summed E-state index contributed by atoms with van der Waals surface area (Å²) in [6.45, 7) is 4.41. The van der Waals surface area contributed by atoms with Crippen molar-refractivity contribution in [2.75, 3.05) is 0 Å². The SMILES string of the molecule is CCCCCCCCCCCCCCCCC(C)CC(N)=O. The molecule has 0 aromatic carbocycles. The summed E-state index contributed by atoms with van der Waals surface area (Å²) in [5.41, 5.74) is 5.20. The minimum Gasteiger partial charge on any atom is -0.370 e. The Morgan fingerprint density at radius 3 is 1.45 bits per heavy atom. The van der Waals surface area contributed by atoms with E-state index in [1.165, 1.54) is 89.9 Å². The number of carbonyl (C=O) groups is 1. The van der Waals surface area contributed by atoms with Gasteiger partial charge >= 0.3 is 0 Å². The van der Waals surface area contributed by atoms with Gasteiger partial charge in [-0.15, -0.1) is 0 Å². The quantitative estimate of drug-likeness (QED) is 0.312. The van der Waals surface area contributed by atoms with E-state index in [1.54, 1.807) is 0 Å². The van der Waals surface area contributed by atoms with Crippen LogP contribution in [0.25, 0.3) is 0 Å². The van der Waals surface area contributed by atoms with Crippen LogP contribution in [0.3, 0.4) is 0 Å².